The minimum Gasteiger partial charge on any atom is -0.496 e. The van der Waals surface area contributed by atoms with Gasteiger partial charge in [-0.2, -0.15) is 0 Å². The Morgan fingerprint density at radius 1 is 1.08 bits per heavy atom. The van der Waals surface area contributed by atoms with E-state index in [0.29, 0.717) is 27.8 Å². The van der Waals surface area contributed by atoms with Crippen molar-refractivity contribution in [1.82, 2.24) is 4.98 Å². The van der Waals surface area contributed by atoms with Crippen LogP contribution in [0.5, 0.6) is 11.5 Å². The van der Waals surface area contributed by atoms with E-state index in [-0.39, 0.29) is 18.0 Å². The maximum absolute atomic E-state index is 13.9. The molecular weight excluding hydrogens is 316 g/mol. The van der Waals surface area contributed by atoms with Crippen molar-refractivity contribution in [2.24, 2.45) is 0 Å². The number of aromatic nitrogens is 1. The number of nitrogens with one attached hydrogen (secondary N) is 1. The highest BCUT2D eigenvalue weighted by atomic mass is 19.1. The molecule has 0 radical (unpaired) electrons. The summed E-state index contributed by atoms with van der Waals surface area (Å²) in [4.78, 5) is 15.5. The highest BCUT2D eigenvalue weighted by Gasteiger charge is 2.17. The summed E-state index contributed by atoms with van der Waals surface area (Å²) in [7, 11) is 2.79. The van der Waals surface area contributed by atoms with Gasteiger partial charge in [0, 0.05) is 41.3 Å². The van der Waals surface area contributed by atoms with E-state index < -0.39 is 11.6 Å². The van der Waals surface area contributed by atoms with Crippen LogP contribution >= 0.6 is 0 Å². The number of fused-ring (bicyclic) bond motifs is 1. The largest absolute Gasteiger partial charge is 0.496 e. The first-order valence-corrected chi connectivity index (χ1v) is 7.23. The molecule has 0 aliphatic heterocycles. The van der Waals surface area contributed by atoms with E-state index in [2.05, 4.69) is 4.98 Å². The Labute approximate surface area is 137 Å². The number of benzene rings is 2. The summed E-state index contributed by atoms with van der Waals surface area (Å²) < 4.78 is 37.2. The average molecular weight is 331 g/mol. The van der Waals surface area contributed by atoms with Gasteiger partial charge in [-0.05, 0) is 12.1 Å². The minimum absolute atomic E-state index is 0.0179. The number of halogens is 2. The zero-order valence-corrected chi connectivity index (χ0v) is 13.2. The first-order valence-electron chi connectivity index (χ1n) is 7.23. The van der Waals surface area contributed by atoms with Gasteiger partial charge in [0.25, 0.3) is 0 Å². The third-order valence-corrected chi connectivity index (χ3v) is 3.85. The molecule has 3 aromatic rings. The van der Waals surface area contributed by atoms with Gasteiger partial charge in [0.15, 0.2) is 17.3 Å². The van der Waals surface area contributed by atoms with Gasteiger partial charge in [-0.1, -0.05) is 6.07 Å². The molecule has 0 aliphatic rings. The lowest BCUT2D eigenvalue weighted by molar-refractivity contribution is 0.0993. The number of ether oxygens (including phenoxy) is 2. The average Bonchev–Trinajstić information content (AvgIpc) is 2.98. The monoisotopic (exact) mass is 331 g/mol. The summed E-state index contributed by atoms with van der Waals surface area (Å²) in [5, 5.41) is 0.472. The Morgan fingerprint density at radius 3 is 2.54 bits per heavy atom. The molecule has 1 N–H and O–H groups in total. The Balaban J connectivity index is 1.96. The lowest BCUT2D eigenvalue weighted by atomic mass is 10.0. The molecule has 3 rings (SSSR count). The first kappa shape index (κ1) is 16.0. The molecule has 0 aliphatic carbocycles. The van der Waals surface area contributed by atoms with Crippen molar-refractivity contribution in [1.29, 1.82) is 0 Å². The van der Waals surface area contributed by atoms with Crippen molar-refractivity contribution in [3.63, 3.8) is 0 Å². The molecule has 4 nitrogen and oxygen atoms in total. The fourth-order valence-corrected chi connectivity index (χ4v) is 2.64. The fourth-order valence-electron chi connectivity index (χ4n) is 2.64. The predicted octanol–water partition coefficient (Wildman–Crippen LogP) is 3.89. The van der Waals surface area contributed by atoms with Crippen LogP contribution in [-0.4, -0.2) is 25.0 Å². The van der Waals surface area contributed by atoms with E-state index in [0.717, 1.165) is 0 Å². The van der Waals surface area contributed by atoms with E-state index >= 15 is 0 Å². The molecule has 0 fully saturated rings. The number of hydrogen-bond acceptors (Lipinski definition) is 3. The van der Waals surface area contributed by atoms with E-state index in [4.69, 9.17) is 9.47 Å². The molecule has 24 heavy (non-hydrogen) atoms. The number of ketones is 1. The summed E-state index contributed by atoms with van der Waals surface area (Å²) in [6.45, 7) is 0. The van der Waals surface area contributed by atoms with Crippen LogP contribution < -0.4 is 9.47 Å². The number of methoxy groups -OCH3 is 2. The van der Waals surface area contributed by atoms with Gasteiger partial charge in [0.2, 0.25) is 0 Å². The summed E-state index contributed by atoms with van der Waals surface area (Å²) in [6.07, 6.45) is 1.55. The van der Waals surface area contributed by atoms with Crippen molar-refractivity contribution in [3.8, 4) is 11.5 Å². The van der Waals surface area contributed by atoms with Crippen LogP contribution in [0.3, 0.4) is 0 Å². The van der Waals surface area contributed by atoms with Gasteiger partial charge < -0.3 is 14.5 Å². The number of carbonyl (C=O) groups is 1. The van der Waals surface area contributed by atoms with Crippen LogP contribution in [0.2, 0.25) is 0 Å². The third kappa shape index (κ3) is 2.82. The van der Waals surface area contributed by atoms with Gasteiger partial charge in [-0.15, -0.1) is 0 Å². The van der Waals surface area contributed by atoms with Gasteiger partial charge in [-0.25, -0.2) is 8.78 Å². The van der Waals surface area contributed by atoms with Crippen LogP contribution in [0.1, 0.15) is 15.9 Å². The van der Waals surface area contributed by atoms with E-state index in [1.807, 2.05) is 0 Å². The normalized spacial score (nSPS) is 10.8. The molecule has 0 spiro atoms. The highest BCUT2D eigenvalue weighted by Crippen LogP contribution is 2.28. The summed E-state index contributed by atoms with van der Waals surface area (Å²) in [5.41, 5.74) is 1.52. The quantitative estimate of drug-likeness (QED) is 0.722. The van der Waals surface area contributed by atoms with Crippen LogP contribution in [0, 0.1) is 11.6 Å². The fraction of sp³-hybridized carbons (Fsp3) is 0.167. The van der Waals surface area contributed by atoms with Crippen LogP contribution in [-0.2, 0) is 6.42 Å². The molecule has 0 atom stereocenters. The van der Waals surface area contributed by atoms with E-state index in [1.165, 1.54) is 50.7 Å². The minimum atomic E-state index is -0.544. The molecular formula is C18H15F2NO3. The topological polar surface area (TPSA) is 51.3 Å². The number of H-pyrrole nitrogens is 1. The summed E-state index contributed by atoms with van der Waals surface area (Å²) >= 11 is 0. The highest BCUT2D eigenvalue weighted by molar-refractivity contribution is 6.09. The molecule has 2 aromatic carbocycles. The van der Waals surface area contributed by atoms with Crippen LogP contribution in [0.4, 0.5) is 8.78 Å². The molecule has 0 amide bonds. The number of Topliss-reactive ketones (excluding diaryl/α,β-unsaturated/α-hetero) is 1. The van der Waals surface area contributed by atoms with Gasteiger partial charge in [0.05, 0.1) is 19.7 Å². The maximum Gasteiger partial charge on any atom is 0.169 e. The Kier molecular flexibility index (Phi) is 4.20. The van der Waals surface area contributed by atoms with Crippen molar-refractivity contribution in [3.05, 3.63) is 59.3 Å². The Bertz CT molecular complexity index is 918. The van der Waals surface area contributed by atoms with E-state index in [9.17, 15) is 13.6 Å². The second-order valence-corrected chi connectivity index (χ2v) is 5.29. The lowest BCUT2D eigenvalue weighted by Gasteiger charge is -2.08. The Hall–Kier alpha value is -2.89. The summed E-state index contributed by atoms with van der Waals surface area (Å²) in [6, 6.07) is 6.76. The van der Waals surface area contributed by atoms with Crippen molar-refractivity contribution in [2.45, 2.75) is 6.42 Å². The van der Waals surface area contributed by atoms with Crippen LogP contribution in [0.25, 0.3) is 10.9 Å². The number of rotatable bonds is 5. The lowest BCUT2D eigenvalue weighted by Crippen LogP contribution is -2.05. The SMILES string of the molecule is COc1cc2[nH]cc(C(=O)Cc3ccc(F)cc3OC)c2cc1F. The van der Waals surface area contributed by atoms with Gasteiger partial charge in [0.1, 0.15) is 11.6 Å². The van der Waals surface area contributed by atoms with E-state index in [1.54, 1.807) is 0 Å². The molecule has 1 aromatic heterocycles. The smallest absolute Gasteiger partial charge is 0.169 e. The second kappa shape index (κ2) is 6.31. The standard InChI is InChI=1S/C18H15F2NO3/c1-23-17-6-11(19)4-3-10(17)5-16(22)13-9-21-15-8-18(24-2)14(20)7-12(13)15/h3-4,6-9,21H,5H2,1-2H3. The molecule has 0 saturated heterocycles. The molecule has 6 heteroatoms. The summed E-state index contributed by atoms with van der Waals surface area (Å²) in [5.74, 6) is -0.808. The van der Waals surface area contributed by atoms with Crippen molar-refractivity contribution >= 4 is 16.7 Å². The zero-order valence-electron chi connectivity index (χ0n) is 13.2. The zero-order chi connectivity index (χ0) is 17.3. The molecule has 0 bridgehead atoms. The number of hydrogen-bond donors (Lipinski definition) is 1. The molecule has 0 saturated carbocycles. The van der Waals surface area contributed by atoms with Gasteiger partial charge >= 0.3 is 0 Å². The second-order valence-electron chi connectivity index (χ2n) is 5.29. The van der Waals surface area contributed by atoms with Crippen molar-refractivity contribution < 1.29 is 23.0 Å². The molecule has 0 unspecified atom stereocenters. The van der Waals surface area contributed by atoms with Crippen LogP contribution in [0.15, 0.2) is 36.5 Å². The maximum atomic E-state index is 13.9. The first-order chi connectivity index (χ1) is 11.5. The van der Waals surface area contributed by atoms with Gasteiger partial charge in [-0.3, -0.25) is 4.79 Å². The molecule has 1 heterocycles. The number of aromatic amines is 1. The molecule has 124 valence electrons. The predicted molar refractivity (Wildman–Crippen MR) is 85.8 cm³/mol. The number of carbonyl (C=O) groups excluding carboxylic acids is 1. The third-order valence-electron chi connectivity index (χ3n) is 3.85. The van der Waals surface area contributed by atoms with Crippen molar-refractivity contribution in [2.75, 3.05) is 14.2 Å². The Morgan fingerprint density at radius 2 is 1.83 bits per heavy atom.